The SMILES string of the molecule is CCOc1ccccc1CCC(=O)N1CCC(c2c[nH]c3ccccc23)CC1. The maximum absolute atomic E-state index is 12.7. The van der Waals surface area contributed by atoms with Crippen LogP contribution in [0, 0.1) is 0 Å². The van der Waals surface area contributed by atoms with Gasteiger partial charge in [0.2, 0.25) is 5.91 Å². The number of aromatic nitrogens is 1. The van der Waals surface area contributed by atoms with Gasteiger partial charge < -0.3 is 14.6 Å². The second-order valence-electron chi connectivity index (χ2n) is 7.49. The van der Waals surface area contributed by atoms with Crippen LogP contribution in [0.25, 0.3) is 10.9 Å². The topological polar surface area (TPSA) is 45.3 Å². The zero-order valence-corrected chi connectivity index (χ0v) is 16.5. The molecule has 1 saturated heterocycles. The van der Waals surface area contributed by atoms with E-state index in [0.717, 1.165) is 43.7 Å². The van der Waals surface area contributed by atoms with E-state index in [1.165, 1.54) is 16.5 Å². The van der Waals surface area contributed by atoms with Crippen molar-refractivity contribution in [3.05, 3.63) is 65.9 Å². The smallest absolute Gasteiger partial charge is 0.222 e. The number of carbonyl (C=O) groups is 1. The van der Waals surface area contributed by atoms with E-state index < -0.39 is 0 Å². The molecule has 28 heavy (non-hydrogen) atoms. The third-order valence-corrected chi connectivity index (χ3v) is 5.79. The van der Waals surface area contributed by atoms with Gasteiger partial charge in [0.15, 0.2) is 0 Å². The van der Waals surface area contributed by atoms with Gasteiger partial charge >= 0.3 is 0 Å². The van der Waals surface area contributed by atoms with E-state index in [-0.39, 0.29) is 5.91 Å². The number of amides is 1. The van der Waals surface area contributed by atoms with Crippen molar-refractivity contribution in [3.8, 4) is 5.75 Å². The number of nitrogens with one attached hydrogen (secondary N) is 1. The summed E-state index contributed by atoms with van der Waals surface area (Å²) in [7, 11) is 0. The summed E-state index contributed by atoms with van der Waals surface area (Å²) in [6.07, 6.45) is 5.49. The maximum Gasteiger partial charge on any atom is 0.222 e. The number of likely N-dealkylation sites (tertiary alicyclic amines) is 1. The molecule has 0 atom stereocenters. The summed E-state index contributed by atoms with van der Waals surface area (Å²) in [6.45, 7) is 4.32. The van der Waals surface area contributed by atoms with E-state index in [9.17, 15) is 4.79 Å². The first-order valence-corrected chi connectivity index (χ1v) is 10.3. The van der Waals surface area contributed by atoms with Crippen LogP contribution in [0.5, 0.6) is 5.75 Å². The van der Waals surface area contributed by atoms with Crippen LogP contribution in [-0.4, -0.2) is 35.5 Å². The molecule has 3 aromatic rings. The number of para-hydroxylation sites is 2. The fourth-order valence-corrected chi connectivity index (χ4v) is 4.28. The molecule has 0 unspecified atom stereocenters. The normalized spacial score (nSPS) is 15.1. The van der Waals surface area contributed by atoms with Crippen molar-refractivity contribution in [1.82, 2.24) is 9.88 Å². The Hall–Kier alpha value is -2.75. The molecule has 1 aromatic heterocycles. The average Bonchev–Trinajstić information content (AvgIpc) is 3.17. The largest absolute Gasteiger partial charge is 0.494 e. The molecule has 4 rings (SSSR count). The first kappa shape index (κ1) is 18.6. The van der Waals surface area contributed by atoms with Crippen molar-refractivity contribution >= 4 is 16.8 Å². The summed E-state index contributed by atoms with van der Waals surface area (Å²) >= 11 is 0. The van der Waals surface area contributed by atoms with E-state index >= 15 is 0 Å². The lowest BCUT2D eigenvalue weighted by Crippen LogP contribution is -2.38. The molecule has 0 saturated carbocycles. The summed E-state index contributed by atoms with van der Waals surface area (Å²) in [4.78, 5) is 18.1. The first-order chi connectivity index (χ1) is 13.8. The number of aryl methyl sites for hydroxylation is 1. The molecule has 1 aliphatic heterocycles. The zero-order valence-electron chi connectivity index (χ0n) is 16.5. The molecule has 0 spiro atoms. The molecule has 1 N–H and O–H groups in total. The highest BCUT2D eigenvalue weighted by molar-refractivity contribution is 5.83. The van der Waals surface area contributed by atoms with E-state index in [2.05, 4.69) is 41.5 Å². The molecule has 4 heteroatoms. The third-order valence-electron chi connectivity index (χ3n) is 5.79. The van der Waals surface area contributed by atoms with Crippen molar-refractivity contribution in [1.29, 1.82) is 0 Å². The summed E-state index contributed by atoms with van der Waals surface area (Å²) in [5.74, 6) is 1.68. The molecule has 0 bridgehead atoms. The van der Waals surface area contributed by atoms with Gasteiger partial charge in [-0.1, -0.05) is 36.4 Å². The number of benzene rings is 2. The minimum atomic E-state index is 0.253. The molecule has 1 aliphatic rings. The van der Waals surface area contributed by atoms with Crippen LogP contribution in [0.2, 0.25) is 0 Å². The van der Waals surface area contributed by atoms with Gasteiger partial charge in [0, 0.05) is 36.6 Å². The Kier molecular flexibility index (Phi) is 5.65. The monoisotopic (exact) mass is 376 g/mol. The zero-order chi connectivity index (χ0) is 19.3. The van der Waals surface area contributed by atoms with Gasteiger partial charge in [-0.05, 0) is 55.4 Å². The molecule has 0 radical (unpaired) electrons. The minimum Gasteiger partial charge on any atom is -0.494 e. The lowest BCUT2D eigenvalue weighted by molar-refractivity contribution is -0.132. The van der Waals surface area contributed by atoms with Crippen LogP contribution in [-0.2, 0) is 11.2 Å². The molecule has 4 nitrogen and oxygen atoms in total. The van der Waals surface area contributed by atoms with Gasteiger partial charge in [0.05, 0.1) is 6.61 Å². The summed E-state index contributed by atoms with van der Waals surface area (Å²) in [5, 5.41) is 1.32. The number of aromatic amines is 1. The highest BCUT2D eigenvalue weighted by atomic mass is 16.5. The fraction of sp³-hybridized carbons (Fsp3) is 0.375. The second-order valence-corrected chi connectivity index (χ2v) is 7.49. The number of H-pyrrole nitrogens is 1. The molecule has 2 heterocycles. The summed E-state index contributed by atoms with van der Waals surface area (Å²) in [5.41, 5.74) is 3.71. The van der Waals surface area contributed by atoms with Gasteiger partial charge in [0.1, 0.15) is 5.75 Å². The average molecular weight is 377 g/mol. The quantitative estimate of drug-likeness (QED) is 0.665. The number of piperidine rings is 1. The fourth-order valence-electron chi connectivity index (χ4n) is 4.28. The molecule has 1 amide bonds. The number of fused-ring (bicyclic) bond motifs is 1. The summed E-state index contributed by atoms with van der Waals surface area (Å²) < 4.78 is 5.68. The Morgan fingerprint density at radius 1 is 1.11 bits per heavy atom. The van der Waals surface area contributed by atoms with E-state index in [1.54, 1.807) is 0 Å². The molecule has 0 aliphatic carbocycles. The van der Waals surface area contributed by atoms with Crippen LogP contribution in [0.1, 0.15) is 43.2 Å². The molecular weight excluding hydrogens is 348 g/mol. The molecular formula is C24H28N2O2. The van der Waals surface area contributed by atoms with Crippen molar-refractivity contribution in [3.63, 3.8) is 0 Å². The lowest BCUT2D eigenvalue weighted by atomic mass is 9.89. The first-order valence-electron chi connectivity index (χ1n) is 10.3. The predicted octanol–water partition coefficient (Wildman–Crippen LogP) is 4.91. The van der Waals surface area contributed by atoms with Crippen LogP contribution in [0.4, 0.5) is 0 Å². The predicted molar refractivity (Wildman–Crippen MR) is 113 cm³/mol. The highest BCUT2D eigenvalue weighted by Gasteiger charge is 2.25. The molecule has 2 aromatic carbocycles. The van der Waals surface area contributed by atoms with Gasteiger partial charge in [-0.3, -0.25) is 4.79 Å². The number of ether oxygens (including phenoxy) is 1. The number of carbonyl (C=O) groups excluding carboxylic acids is 1. The van der Waals surface area contributed by atoms with E-state index in [4.69, 9.17) is 4.74 Å². The summed E-state index contributed by atoms with van der Waals surface area (Å²) in [6, 6.07) is 16.5. The van der Waals surface area contributed by atoms with Gasteiger partial charge in [-0.2, -0.15) is 0 Å². The van der Waals surface area contributed by atoms with Gasteiger partial charge in [-0.15, -0.1) is 0 Å². The van der Waals surface area contributed by atoms with Gasteiger partial charge in [0.25, 0.3) is 0 Å². The molecule has 146 valence electrons. The molecule has 1 fully saturated rings. The lowest BCUT2D eigenvalue weighted by Gasteiger charge is -2.32. The van der Waals surface area contributed by atoms with Crippen molar-refractivity contribution in [2.45, 2.75) is 38.5 Å². The Labute approximate surface area is 166 Å². The van der Waals surface area contributed by atoms with E-state index in [0.29, 0.717) is 18.9 Å². The van der Waals surface area contributed by atoms with Crippen LogP contribution in [0.15, 0.2) is 54.7 Å². The Bertz CT molecular complexity index is 938. The number of rotatable bonds is 6. The van der Waals surface area contributed by atoms with Crippen LogP contribution in [0.3, 0.4) is 0 Å². The highest BCUT2D eigenvalue weighted by Crippen LogP contribution is 2.33. The number of hydrogen-bond donors (Lipinski definition) is 1. The standard InChI is InChI=1S/C24H28N2O2/c1-2-28-23-10-6-3-7-19(23)11-12-24(27)26-15-13-18(14-16-26)21-17-25-22-9-5-4-8-20(21)22/h3-10,17-18,25H,2,11-16H2,1H3. The van der Waals surface area contributed by atoms with Gasteiger partial charge in [-0.25, -0.2) is 0 Å². The van der Waals surface area contributed by atoms with Crippen molar-refractivity contribution < 1.29 is 9.53 Å². The number of hydrogen-bond acceptors (Lipinski definition) is 2. The van der Waals surface area contributed by atoms with Crippen LogP contribution < -0.4 is 4.74 Å². The van der Waals surface area contributed by atoms with E-state index in [1.807, 2.05) is 30.0 Å². The Morgan fingerprint density at radius 2 is 1.86 bits per heavy atom. The Morgan fingerprint density at radius 3 is 2.68 bits per heavy atom. The second kappa shape index (κ2) is 8.51. The Balaban J connectivity index is 1.33. The maximum atomic E-state index is 12.7. The van der Waals surface area contributed by atoms with Crippen LogP contribution >= 0.6 is 0 Å². The van der Waals surface area contributed by atoms with Crippen molar-refractivity contribution in [2.24, 2.45) is 0 Å². The minimum absolute atomic E-state index is 0.253. The number of nitrogens with zero attached hydrogens (tertiary/aromatic N) is 1. The third kappa shape index (κ3) is 3.91. The van der Waals surface area contributed by atoms with Crippen molar-refractivity contribution in [2.75, 3.05) is 19.7 Å².